The van der Waals surface area contributed by atoms with Crippen LogP contribution in [-0.4, -0.2) is 104 Å². The Morgan fingerprint density at radius 3 is 2.49 bits per heavy atom. The summed E-state index contributed by atoms with van der Waals surface area (Å²) in [4.78, 5) is 34.6. The number of hydrogen-bond donors (Lipinski definition) is 6. The van der Waals surface area contributed by atoms with E-state index < -0.39 is 18.0 Å². The Bertz CT molecular complexity index is 1320. The summed E-state index contributed by atoms with van der Waals surface area (Å²) in [6.45, 7) is 4.23. The average Bonchev–Trinajstić information content (AvgIpc) is 3.38. The minimum atomic E-state index is -1.18. The number of nitrogens with zero attached hydrogens (tertiary/aromatic N) is 6. The monoisotopic (exact) mass is 541 g/mol. The number of fused-ring (bicyclic) bond motifs is 1. The van der Waals surface area contributed by atoms with Crippen LogP contribution in [0.5, 0.6) is 5.75 Å². The second kappa shape index (κ2) is 12.4. The fourth-order valence-corrected chi connectivity index (χ4v) is 4.25. The molecule has 4 rings (SSSR count). The quantitative estimate of drug-likeness (QED) is 0.161. The first-order chi connectivity index (χ1) is 18.7. The number of nitrogens with two attached hydrogens (primary N) is 1. The first kappa shape index (κ1) is 27.5. The van der Waals surface area contributed by atoms with Crippen LogP contribution in [-0.2, 0) is 9.59 Å². The number of carboxylic acid groups (broad SMARTS) is 2. The standard InChI is InChI=1S/C24H31N9O6/c25-13-17-21(29-24(26)33-23(17)28-22(30-33)18(34)5-6-19(35)36)27-7-8-31-9-11-32(12-10-31)15-1-3-16(4-2-15)39-14-20(37)38/h1-4,13,18,25,27,34H,5-12,14H2,(H2,26,29)(H,35,36)(H,37,38)/t18-/m0/s1. The average molecular weight is 542 g/mol. The molecule has 0 radical (unpaired) electrons. The van der Waals surface area contributed by atoms with Gasteiger partial charge in [0.1, 0.15) is 17.7 Å². The Kier molecular flexibility index (Phi) is 8.73. The lowest BCUT2D eigenvalue weighted by molar-refractivity contribution is -0.139. The van der Waals surface area contributed by atoms with Crippen LogP contribution in [0.2, 0.25) is 0 Å². The van der Waals surface area contributed by atoms with Crippen molar-refractivity contribution in [3.8, 4) is 5.75 Å². The lowest BCUT2D eigenvalue weighted by Gasteiger charge is -2.36. The Labute approximate surface area is 223 Å². The van der Waals surface area contributed by atoms with E-state index in [9.17, 15) is 14.7 Å². The van der Waals surface area contributed by atoms with Gasteiger partial charge in [0.25, 0.3) is 0 Å². The number of benzene rings is 1. The number of aromatic nitrogens is 4. The van der Waals surface area contributed by atoms with Crippen LogP contribution in [0.3, 0.4) is 0 Å². The fraction of sp³-hybridized carbons (Fsp3) is 0.417. The second-order valence-corrected chi connectivity index (χ2v) is 8.96. The van der Waals surface area contributed by atoms with Crippen LogP contribution in [0, 0.1) is 5.41 Å². The van der Waals surface area contributed by atoms with Crippen molar-refractivity contribution in [2.75, 3.05) is 61.8 Å². The smallest absolute Gasteiger partial charge is 0.341 e. The second-order valence-electron chi connectivity index (χ2n) is 8.96. The number of nitrogens with one attached hydrogen (secondary N) is 2. The van der Waals surface area contributed by atoms with Crippen LogP contribution >= 0.6 is 0 Å². The van der Waals surface area contributed by atoms with E-state index in [1.54, 1.807) is 12.1 Å². The van der Waals surface area contributed by atoms with Crippen molar-refractivity contribution >= 4 is 41.3 Å². The molecule has 208 valence electrons. The zero-order valence-electron chi connectivity index (χ0n) is 21.2. The van der Waals surface area contributed by atoms with E-state index in [1.807, 2.05) is 12.1 Å². The lowest BCUT2D eigenvalue weighted by atomic mass is 10.2. The predicted octanol–water partition coefficient (Wildman–Crippen LogP) is 0.300. The van der Waals surface area contributed by atoms with Crippen molar-refractivity contribution in [1.82, 2.24) is 24.5 Å². The summed E-state index contributed by atoms with van der Waals surface area (Å²) < 4.78 is 6.42. The van der Waals surface area contributed by atoms with E-state index in [0.29, 0.717) is 23.7 Å². The molecule has 1 aromatic carbocycles. The molecule has 0 spiro atoms. The molecule has 7 N–H and O–H groups in total. The molecule has 1 atom stereocenters. The van der Waals surface area contributed by atoms with Gasteiger partial charge in [-0.15, -0.1) is 5.10 Å². The molecule has 2 aromatic heterocycles. The van der Waals surface area contributed by atoms with Gasteiger partial charge < -0.3 is 41.4 Å². The number of piperazine rings is 1. The van der Waals surface area contributed by atoms with Gasteiger partial charge in [0.05, 0.1) is 5.56 Å². The zero-order chi connectivity index (χ0) is 27.9. The summed E-state index contributed by atoms with van der Waals surface area (Å²) in [7, 11) is 0. The molecule has 0 unspecified atom stereocenters. The van der Waals surface area contributed by atoms with Crippen molar-refractivity contribution in [1.29, 1.82) is 5.41 Å². The molecule has 3 aromatic rings. The van der Waals surface area contributed by atoms with Gasteiger partial charge in [0, 0.05) is 57.6 Å². The number of carbonyl (C=O) groups is 2. The number of hydrogen-bond acceptors (Lipinski definition) is 12. The highest BCUT2D eigenvalue weighted by Gasteiger charge is 2.21. The SMILES string of the molecule is N=Cc1c(NCCN2CCN(c3ccc(OCC(=O)O)cc3)CC2)nc(N)n2nc([C@@H](O)CCC(=O)O)nc12. The Morgan fingerprint density at radius 1 is 1.13 bits per heavy atom. The molecule has 0 saturated carbocycles. The third-order valence-electron chi connectivity index (χ3n) is 6.29. The molecule has 1 aliphatic heterocycles. The topological polar surface area (TPSA) is 216 Å². The van der Waals surface area contributed by atoms with Gasteiger partial charge in [-0.25, -0.2) is 9.78 Å². The maximum absolute atomic E-state index is 10.8. The van der Waals surface area contributed by atoms with E-state index in [4.69, 9.17) is 26.1 Å². The molecule has 1 aliphatic rings. The lowest BCUT2D eigenvalue weighted by Crippen LogP contribution is -2.47. The van der Waals surface area contributed by atoms with Gasteiger partial charge in [-0.05, 0) is 30.7 Å². The number of aliphatic carboxylic acids is 2. The summed E-state index contributed by atoms with van der Waals surface area (Å²) in [5.41, 5.74) is 7.69. The van der Waals surface area contributed by atoms with Gasteiger partial charge in [-0.3, -0.25) is 9.69 Å². The summed E-state index contributed by atoms with van der Waals surface area (Å²) in [6, 6.07) is 7.36. The first-order valence-electron chi connectivity index (χ1n) is 12.4. The molecule has 1 saturated heterocycles. The summed E-state index contributed by atoms with van der Waals surface area (Å²) in [6.07, 6.45) is -0.385. The fourth-order valence-electron chi connectivity index (χ4n) is 4.25. The molecule has 0 amide bonds. The van der Waals surface area contributed by atoms with Crippen LogP contribution in [0.4, 0.5) is 17.5 Å². The van der Waals surface area contributed by atoms with Crippen molar-refractivity contribution in [3.63, 3.8) is 0 Å². The minimum Gasteiger partial charge on any atom is -0.482 e. The van der Waals surface area contributed by atoms with Crippen molar-refractivity contribution in [3.05, 3.63) is 35.7 Å². The van der Waals surface area contributed by atoms with Crippen molar-refractivity contribution in [2.45, 2.75) is 18.9 Å². The third kappa shape index (κ3) is 6.88. The van der Waals surface area contributed by atoms with Gasteiger partial charge in [-0.1, -0.05) is 0 Å². The normalized spacial score (nSPS) is 14.7. The largest absolute Gasteiger partial charge is 0.482 e. The number of rotatable bonds is 13. The highest BCUT2D eigenvalue weighted by atomic mass is 16.5. The number of aliphatic hydroxyl groups excluding tert-OH is 1. The first-order valence-corrected chi connectivity index (χ1v) is 12.4. The Morgan fingerprint density at radius 2 is 1.85 bits per heavy atom. The highest BCUT2D eigenvalue weighted by Crippen LogP contribution is 2.23. The van der Waals surface area contributed by atoms with Crippen LogP contribution in [0.1, 0.15) is 30.3 Å². The Balaban J connectivity index is 1.31. The van der Waals surface area contributed by atoms with Gasteiger partial charge in [-0.2, -0.15) is 9.50 Å². The molecular weight excluding hydrogens is 510 g/mol. The van der Waals surface area contributed by atoms with Crippen molar-refractivity contribution < 1.29 is 29.6 Å². The van der Waals surface area contributed by atoms with Crippen LogP contribution in [0.25, 0.3) is 5.65 Å². The zero-order valence-corrected chi connectivity index (χ0v) is 21.2. The maximum atomic E-state index is 10.8. The van der Waals surface area contributed by atoms with E-state index in [0.717, 1.165) is 44.6 Å². The van der Waals surface area contributed by atoms with Gasteiger partial charge in [0.2, 0.25) is 5.95 Å². The third-order valence-corrected chi connectivity index (χ3v) is 6.29. The number of aliphatic hydroxyl groups is 1. The Hall–Kier alpha value is -4.50. The van der Waals surface area contributed by atoms with Gasteiger partial charge in [0.15, 0.2) is 18.1 Å². The van der Waals surface area contributed by atoms with E-state index >= 15 is 0 Å². The van der Waals surface area contributed by atoms with E-state index in [-0.39, 0.29) is 36.9 Å². The maximum Gasteiger partial charge on any atom is 0.341 e. The van der Waals surface area contributed by atoms with E-state index in [2.05, 4.69) is 30.2 Å². The molecule has 3 heterocycles. The van der Waals surface area contributed by atoms with Crippen LogP contribution < -0.4 is 20.7 Å². The van der Waals surface area contributed by atoms with Crippen LogP contribution in [0.15, 0.2) is 24.3 Å². The predicted molar refractivity (Wildman–Crippen MR) is 142 cm³/mol. The summed E-state index contributed by atoms with van der Waals surface area (Å²) in [5, 5.41) is 43.0. The van der Waals surface area contributed by atoms with Crippen molar-refractivity contribution in [2.24, 2.45) is 0 Å². The molecule has 0 bridgehead atoms. The number of ether oxygens (including phenoxy) is 1. The molecule has 15 nitrogen and oxygen atoms in total. The van der Waals surface area contributed by atoms with E-state index in [1.165, 1.54) is 4.52 Å². The molecular formula is C24H31N9O6. The number of carboxylic acids is 2. The summed E-state index contributed by atoms with van der Waals surface area (Å²) >= 11 is 0. The van der Waals surface area contributed by atoms with Gasteiger partial charge >= 0.3 is 11.9 Å². The molecule has 0 aliphatic carbocycles. The highest BCUT2D eigenvalue weighted by molar-refractivity contribution is 5.92. The summed E-state index contributed by atoms with van der Waals surface area (Å²) in [5.74, 6) is -1.13. The molecule has 39 heavy (non-hydrogen) atoms. The molecule has 1 fully saturated rings. The number of nitrogen functional groups attached to an aromatic ring is 1. The minimum absolute atomic E-state index is 0.0188. The number of anilines is 3. The molecule has 15 heteroatoms.